The molecule has 2 aliphatic heterocycles. The standard InChI is InChI=1S/C29H36N2O7/c1-5-6-14-36-21-10-8-19(17-23(21)35-4)26-25(28(33)29(34)31(26)13-7-12-30(2)3)27(32)20-9-11-22-24(18-20)38-16-15-37-22/h8-11,17-18,26,32H,5-7,12-16H2,1-4H3. The second kappa shape index (κ2) is 12.2. The van der Waals surface area contributed by atoms with E-state index in [1.807, 2.05) is 25.1 Å². The first-order chi connectivity index (χ1) is 18.3. The predicted octanol–water partition coefficient (Wildman–Crippen LogP) is 4.02. The van der Waals surface area contributed by atoms with E-state index in [9.17, 15) is 14.7 Å². The average Bonchev–Trinajstić information content (AvgIpc) is 3.17. The van der Waals surface area contributed by atoms with Gasteiger partial charge in [-0.1, -0.05) is 19.4 Å². The van der Waals surface area contributed by atoms with E-state index in [2.05, 4.69) is 6.92 Å². The lowest BCUT2D eigenvalue weighted by Gasteiger charge is -2.26. The Labute approximate surface area is 223 Å². The number of amides is 1. The molecule has 0 aromatic heterocycles. The van der Waals surface area contributed by atoms with Crippen molar-refractivity contribution in [2.45, 2.75) is 32.2 Å². The van der Waals surface area contributed by atoms with Gasteiger partial charge in [0, 0.05) is 12.1 Å². The van der Waals surface area contributed by atoms with Crippen LogP contribution >= 0.6 is 0 Å². The van der Waals surface area contributed by atoms with Crippen molar-refractivity contribution in [3.63, 3.8) is 0 Å². The number of ether oxygens (including phenoxy) is 4. The molecule has 1 N–H and O–H groups in total. The Bertz CT molecular complexity index is 1210. The predicted molar refractivity (Wildman–Crippen MR) is 143 cm³/mol. The van der Waals surface area contributed by atoms with Crippen LogP contribution in [0.2, 0.25) is 0 Å². The first-order valence-electron chi connectivity index (χ1n) is 13.0. The molecule has 4 rings (SSSR count). The molecule has 1 unspecified atom stereocenters. The van der Waals surface area contributed by atoms with Crippen LogP contribution in [0.15, 0.2) is 42.0 Å². The summed E-state index contributed by atoms with van der Waals surface area (Å²) >= 11 is 0. The zero-order valence-corrected chi connectivity index (χ0v) is 22.5. The van der Waals surface area contributed by atoms with Gasteiger partial charge < -0.3 is 33.9 Å². The van der Waals surface area contributed by atoms with Crippen molar-refractivity contribution in [3.05, 3.63) is 53.1 Å². The van der Waals surface area contributed by atoms with Gasteiger partial charge in [0.15, 0.2) is 23.0 Å². The Morgan fingerprint density at radius 2 is 1.82 bits per heavy atom. The third-order valence-corrected chi connectivity index (χ3v) is 6.62. The van der Waals surface area contributed by atoms with Crippen LogP contribution in [0.4, 0.5) is 0 Å². The summed E-state index contributed by atoms with van der Waals surface area (Å²) < 4.78 is 22.7. The number of unbranched alkanes of at least 4 members (excludes halogenated alkanes) is 1. The fourth-order valence-electron chi connectivity index (χ4n) is 4.66. The number of hydrogen-bond donors (Lipinski definition) is 1. The highest BCUT2D eigenvalue weighted by atomic mass is 16.6. The maximum Gasteiger partial charge on any atom is 0.295 e. The minimum absolute atomic E-state index is 0.0261. The van der Waals surface area contributed by atoms with Gasteiger partial charge in [0.1, 0.15) is 19.0 Å². The Morgan fingerprint density at radius 3 is 2.53 bits per heavy atom. The number of ketones is 1. The molecule has 2 aromatic carbocycles. The van der Waals surface area contributed by atoms with Gasteiger partial charge in [-0.05, 0) is 69.4 Å². The number of Topliss-reactive ketones (excluding diaryl/α,β-unsaturated/α-hetero) is 1. The molecule has 0 radical (unpaired) electrons. The summed E-state index contributed by atoms with van der Waals surface area (Å²) in [5, 5.41) is 11.4. The monoisotopic (exact) mass is 524 g/mol. The maximum atomic E-state index is 13.4. The molecule has 2 aliphatic rings. The van der Waals surface area contributed by atoms with Gasteiger partial charge >= 0.3 is 0 Å². The van der Waals surface area contributed by atoms with Gasteiger partial charge in [-0.25, -0.2) is 0 Å². The van der Waals surface area contributed by atoms with Gasteiger partial charge in [-0.3, -0.25) is 9.59 Å². The number of carbonyl (C=O) groups excluding carboxylic acids is 2. The molecule has 1 atom stereocenters. The normalized spacial score (nSPS) is 18.2. The lowest BCUT2D eigenvalue weighted by molar-refractivity contribution is -0.139. The first kappa shape index (κ1) is 27.3. The molecule has 1 fully saturated rings. The molecule has 2 heterocycles. The van der Waals surface area contributed by atoms with Crippen LogP contribution in [0.1, 0.15) is 43.4 Å². The molecule has 9 nitrogen and oxygen atoms in total. The molecule has 0 aliphatic carbocycles. The van der Waals surface area contributed by atoms with Gasteiger partial charge in [0.2, 0.25) is 0 Å². The number of aliphatic hydroxyl groups excluding tert-OH is 1. The van der Waals surface area contributed by atoms with Crippen molar-refractivity contribution in [2.24, 2.45) is 0 Å². The fourth-order valence-corrected chi connectivity index (χ4v) is 4.66. The smallest absolute Gasteiger partial charge is 0.295 e. The fraction of sp³-hybridized carbons (Fsp3) is 0.448. The van der Waals surface area contributed by atoms with Crippen LogP contribution in [0.5, 0.6) is 23.0 Å². The van der Waals surface area contributed by atoms with Crippen LogP contribution in [-0.4, -0.2) is 80.7 Å². The van der Waals surface area contributed by atoms with Crippen molar-refractivity contribution in [1.82, 2.24) is 9.80 Å². The lowest BCUT2D eigenvalue weighted by atomic mass is 9.94. The summed E-state index contributed by atoms with van der Waals surface area (Å²) in [5.74, 6) is 0.495. The molecule has 38 heavy (non-hydrogen) atoms. The highest BCUT2D eigenvalue weighted by molar-refractivity contribution is 6.46. The summed E-state index contributed by atoms with van der Waals surface area (Å²) in [6, 6.07) is 9.56. The quantitative estimate of drug-likeness (QED) is 0.204. The summed E-state index contributed by atoms with van der Waals surface area (Å²) in [5.41, 5.74) is 1.04. The first-order valence-corrected chi connectivity index (χ1v) is 13.0. The number of likely N-dealkylation sites (tertiary alicyclic amines) is 1. The van der Waals surface area contributed by atoms with E-state index < -0.39 is 17.7 Å². The van der Waals surface area contributed by atoms with Crippen molar-refractivity contribution in [2.75, 3.05) is 54.1 Å². The van der Waals surface area contributed by atoms with Crippen LogP contribution in [0.3, 0.4) is 0 Å². The van der Waals surface area contributed by atoms with E-state index in [-0.39, 0.29) is 11.3 Å². The SMILES string of the molecule is CCCCOc1ccc(C2C(=C(O)c3ccc4c(c3)OCCO4)C(=O)C(=O)N2CCCN(C)C)cc1OC. The minimum atomic E-state index is -0.788. The Hall–Kier alpha value is -3.72. The number of carbonyl (C=O) groups is 2. The van der Waals surface area contributed by atoms with E-state index >= 15 is 0 Å². The number of benzene rings is 2. The summed E-state index contributed by atoms with van der Waals surface area (Å²) in [6.45, 7) is 4.56. The second-order valence-electron chi connectivity index (χ2n) is 9.62. The molecule has 0 bridgehead atoms. The topological polar surface area (TPSA) is 97.8 Å². The van der Waals surface area contributed by atoms with Crippen molar-refractivity contribution in [1.29, 1.82) is 0 Å². The number of fused-ring (bicyclic) bond motifs is 1. The third kappa shape index (κ3) is 5.72. The zero-order valence-electron chi connectivity index (χ0n) is 22.5. The Kier molecular flexibility index (Phi) is 8.78. The lowest BCUT2D eigenvalue weighted by Crippen LogP contribution is -2.32. The third-order valence-electron chi connectivity index (χ3n) is 6.62. The zero-order chi connectivity index (χ0) is 27.2. The van der Waals surface area contributed by atoms with Crippen molar-refractivity contribution in [3.8, 4) is 23.0 Å². The molecule has 1 amide bonds. The number of aliphatic hydroxyl groups is 1. The average molecular weight is 525 g/mol. The van der Waals surface area contributed by atoms with Crippen molar-refractivity contribution >= 4 is 17.4 Å². The number of hydrogen-bond acceptors (Lipinski definition) is 8. The van der Waals surface area contributed by atoms with Gasteiger partial charge in [0.05, 0.1) is 25.3 Å². The molecule has 204 valence electrons. The largest absolute Gasteiger partial charge is 0.507 e. The number of nitrogens with zero attached hydrogens (tertiary/aromatic N) is 2. The molecule has 0 spiro atoms. The van der Waals surface area contributed by atoms with Crippen molar-refractivity contribution < 1.29 is 33.6 Å². The molecule has 2 aromatic rings. The molecule has 9 heteroatoms. The summed E-state index contributed by atoms with van der Waals surface area (Å²) in [4.78, 5) is 30.2. The van der Waals surface area contributed by atoms with Crippen LogP contribution in [0.25, 0.3) is 5.76 Å². The van der Waals surface area contributed by atoms with E-state index in [1.165, 1.54) is 4.90 Å². The molecular formula is C29H36N2O7. The summed E-state index contributed by atoms with van der Waals surface area (Å²) in [7, 11) is 5.46. The molecular weight excluding hydrogens is 488 g/mol. The van der Waals surface area contributed by atoms with E-state index in [0.29, 0.717) is 66.9 Å². The highest BCUT2D eigenvalue weighted by Gasteiger charge is 2.46. The molecule has 0 saturated carbocycles. The highest BCUT2D eigenvalue weighted by Crippen LogP contribution is 2.43. The summed E-state index contributed by atoms with van der Waals surface area (Å²) in [6.07, 6.45) is 2.57. The molecule has 1 saturated heterocycles. The van der Waals surface area contributed by atoms with Crippen LogP contribution < -0.4 is 18.9 Å². The second-order valence-corrected chi connectivity index (χ2v) is 9.62. The van der Waals surface area contributed by atoms with Crippen LogP contribution in [-0.2, 0) is 9.59 Å². The number of methoxy groups -OCH3 is 1. The van der Waals surface area contributed by atoms with Gasteiger partial charge in [-0.2, -0.15) is 0 Å². The maximum absolute atomic E-state index is 13.4. The Balaban J connectivity index is 1.77. The minimum Gasteiger partial charge on any atom is -0.507 e. The van der Waals surface area contributed by atoms with E-state index in [4.69, 9.17) is 18.9 Å². The van der Waals surface area contributed by atoms with Crippen LogP contribution in [0, 0.1) is 0 Å². The van der Waals surface area contributed by atoms with E-state index in [0.717, 1.165) is 19.4 Å². The van der Waals surface area contributed by atoms with E-state index in [1.54, 1.807) is 37.4 Å². The Morgan fingerprint density at radius 1 is 1.05 bits per heavy atom. The van der Waals surface area contributed by atoms with Gasteiger partial charge in [-0.15, -0.1) is 0 Å². The van der Waals surface area contributed by atoms with Gasteiger partial charge in [0.25, 0.3) is 11.7 Å². The number of rotatable bonds is 11.